The van der Waals surface area contributed by atoms with Crippen molar-refractivity contribution in [1.82, 2.24) is 9.88 Å². The Morgan fingerprint density at radius 1 is 1.43 bits per heavy atom. The minimum Gasteiger partial charge on any atom is -0.472 e. The van der Waals surface area contributed by atoms with E-state index < -0.39 is 0 Å². The molecule has 0 aliphatic carbocycles. The smallest absolute Gasteiger partial charge is 0.273 e. The Bertz CT molecular complexity index is 587. The average Bonchev–Trinajstić information content (AvgIpc) is 3.12. The van der Waals surface area contributed by atoms with Crippen molar-refractivity contribution in [1.29, 1.82) is 0 Å². The monoisotopic (exact) mass is 379 g/mol. The summed E-state index contributed by atoms with van der Waals surface area (Å²) in [6, 6.07) is 1.94. The fourth-order valence-corrected chi connectivity index (χ4v) is 2.64. The first-order valence-electron chi connectivity index (χ1n) is 6.98. The minimum atomic E-state index is -0.0723. The van der Waals surface area contributed by atoms with Gasteiger partial charge in [0.2, 0.25) is 0 Å². The van der Waals surface area contributed by atoms with Crippen LogP contribution in [0.15, 0.2) is 28.4 Å². The summed E-state index contributed by atoms with van der Waals surface area (Å²) in [5.74, 6) is 0.345. The molecule has 23 heavy (non-hydrogen) atoms. The first-order chi connectivity index (χ1) is 9.99. The lowest BCUT2D eigenvalue weighted by Crippen LogP contribution is -2.34. The minimum absolute atomic E-state index is 0. The molecule has 0 aromatic carbocycles. The van der Waals surface area contributed by atoms with Crippen molar-refractivity contribution in [2.45, 2.75) is 26.3 Å². The molecule has 2 heterocycles. The summed E-state index contributed by atoms with van der Waals surface area (Å²) in [6.07, 6.45) is 4.01. The van der Waals surface area contributed by atoms with Gasteiger partial charge in [-0.05, 0) is 18.4 Å². The van der Waals surface area contributed by atoms with E-state index in [0.717, 1.165) is 17.0 Å². The zero-order chi connectivity index (χ0) is 15.4. The Kier molecular flexibility index (Phi) is 9.46. The number of thiazole rings is 1. The van der Waals surface area contributed by atoms with Gasteiger partial charge in [0.25, 0.3) is 5.91 Å². The van der Waals surface area contributed by atoms with Crippen molar-refractivity contribution in [3.63, 3.8) is 0 Å². The molecule has 2 aromatic rings. The molecule has 0 saturated carbocycles. The molecule has 5 nitrogen and oxygen atoms in total. The van der Waals surface area contributed by atoms with Crippen molar-refractivity contribution >= 4 is 42.1 Å². The van der Waals surface area contributed by atoms with Gasteiger partial charge in [-0.25, -0.2) is 4.98 Å². The number of carbonyl (C=O) groups excluding carboxylic acids is 1. The van der Waals surface area contributed by atoms with Crippen LogP contribution in [-0.4, -0.2) is 35.4 Å². The van der Waals surface area contributed by atoms with Crippen LogP contribution in [0.2, 0.25) is 0 Å². The summed E-state index contributed by atoms with van der Waals surface area (Å²) in [6.45, 7) is 4.81. The molecular formula is C15H23Cl2N3O2S. The summed E-state index contributed by atoms with van der Waals surface area (Å²) < 4.78 is 5.03. The average molecular weight is 380 g/mol. The highest BCUT2D eigenvalue weighted by Crippen LogP contribution is 2.24. The molecule has 0 aliphatic heterocycles. The van der Waals surface area contributed by atoms with Crippen molar-refractivity contribution in [2.75, 3.05) is 13.6 Å². The standard InChI is InChI=1S/C15H21N3O2S.2ClH/c1-10(2)12(16)4-6-18(3)15(19)13-9-21-14(17-13)11-5-7-20-8-11;;/h5,7-10,12H,4,6,16H2,1-3H3;2*1H. The highest BCUT2D eigenvalue weighted by molar-refractivity contribution is 7.13. The summed E-state index contributed by atoms with van der Waals surface area (Å²) in [5.41, 5.74) is 7.37. The van der Waals surface area contributed by atoms with Gasteiger partial charge >= 0.3 is 0 Å². The van der Waals surface area contributed by atoms with E-state index in [9.17, 15) is 4.79 Å². The van der Waals surface area contributed by atoms with E-state index >= 15 is 0 Å². The predicted molar refractivity (Wildman–Crippen MR) is 98.7 cm³/mol. The number of nitrogens with two attached hydrogens (primary N) is 1. The van der Waals surface area contributed by atoms with E-state index in [4.69, 9.17) is 10.2 Å². The first kappa shape index (κ1) is 21.9. The maximum Gasteiger partial charge on any atom is 0.273 e. The molecule has 0 aliphatic rings. The topological polar surface area (TPSA) is 72.4 Å². The van der Waals surface area contributed by atoms with E-state index in [-0.39, 0.29) is 36.8 Å². The van der Waals surface area contributed by atoms with Gasteiger partial charge in [0.05, 0.1) is 6.26 Å². The van der Waals surface area contributed by atoms with Crippen LogP contribution < -0.4 is 5.73 Å². The molecule has 1 unspecified atom stereocenters. The van der Waals surface area contributed by atoms with Crippen LogP contribution >= 0.6 is 36.2 Å². The Hall–Kier alpha value is -1.08. The Labute approximate surface area is 153 Å². The fraction of sp³-hybridized carbons (Fsp3) is 0.467. The molecular weight excluding hydrogens is 357 g/mol. The van der Waals surface area contributed by atoms with Crippen molar-refractivity contribution in [3.8, 4) is 10.6 Å². The van der Waals surface area contributed by atoms with Gasteiger partial charge in [-0.1, -0.05) is 13.8 Å². The summed E-state index contributed by atoms with van der Waals surface area (Å²) >= 11 is 1.44. The van der Waals surface area contributed by atoms with Crippen molar-refractivity contribution in [2.24, 2.45) is 11.7 Å². The summed E-state index contributed by atoms with van der Waals surface area (Å²) in [4.78, 5) is 18.4. The number of aromatic nitrogens is 1. The number of amides is 1. The van der Waals surface area contributed by atoms with Gasteiger partial charge in [0, 0.05) is 30.6 Å². The molecule has 0 radical (unpaired) electrons. The molecule has 0 bridgehead atoms. The van der Waals surface area contributed by atoms with Crippen LogP contribution in [-0.2, 0) is 0 Å². The third-order valence-corrected chi connectivity index (χ3v) is 4.38. The highest BCUT2D eigenvalue weighted by Gasteiger charge is 2.17. The van der Waals surface area contributed by atoms with Crippen LogP contribution in [0.5, 0.6) is 0 Å². The number of hydrogen-bond acceptors (Lipinski definition) is 5. The van der Waals surface area contributed by atoms with E-state index in [2.05, 4.69) is 18.8 Å². The Morgan fingerprint density at radius 3 is 2.70 bits per heavy atom. The maximum absolute atomic E-state index is 12.3. The lowest BCUT2D eigenvalue weighted by molar-refractivity contribution is 0.0784. The second-order valence-electron chi connectivity index (χ2n) is 5.47. The van der Waals surface area contributed by atoms with Gasteiger partial charge in [-0.3, -0.25) is 4.79 Å². The van der Waals surface area contributed by atoms with Crippen LogP contribution in [0.25, 0.3) is 10.6 Å². The number of nitrogens with zero attached hydrogens (tertiary/aromatic N) is 2. The van der Waals surface area contributed by atoms with E-state index in [0.29, 0.717) is 18.2 Å². The van der Waals surface area contributed by atoms with Gasteiger partial charge in [-0.2, -0.15) is 0 Å². The summed E-state index contributed by atoms with van der Waals surface area (Å²) in [5, 5.41) is 2.57. The third-order valence-electron chi connectivity index (χ3n) is 3.49. The molecule has 2 aromatic heterocycles. The predicted octanol–water partition coefficient (Wildman–Crippen LogP) is 3.69. The van der Waals surface area contributed by atoms with Gasteiger partial charge in [0.1, 0.15) is 17.0 Å². The van der Waals surface area contributed by atoms with Gasteiger partial charge < -0.3 is 15.1 Å². The quantitative estimate of drug-likeness (QED) is 0.830. The highest BCUT2D eigenvalue weighted by atomic mass is 35.5. The van der Waals surface area contributed by atoms with Crippen molar-refractivity contribution < 1.29 is 9.21 Å². The number of hydrogen-bond donors (Lipinski definition) is 1. The summed E-state index contributed by atoms with van der Waals surface area (Å²) in [7, 11) is 1.78. The molecule has 0 saturated heterocycles. The fourth-order valence-electron chi connectivity index (χ4n) is 1.86. The zero-order valence-electron chi connectivity index (χ0n) is 13.4. The normalized spacial score (nSPS) is 11.5. The van der Waals surface area contributed by atoms with Crippen molar-refractivity contribution in [3.05, 3.63) is 29.7 Å². The number of rotatable bonds is 6. The molecule has 8 heteroatoms. The molecule has 130 valence electrons. The molecule has 2 N–H and O–H groups in total. The molecule has 1 amide bonds. The maximum atomic E-state index is 12.3. The molecule has 0 spiro atoms. The van der Waals surface area contributed by atoms with Crippen LogP contribution in [0, 0.1) is 5.92 Å². The molecule has 1 atom stereocenters. The number of halogens is 2. The first-order valence-corrected chi connectivity index (χ1v) is 7.86. The Balaban J connectivity index is 0.00000242. The van der Waals surface area contributed by atoms with Crippen LogP contribution in [0.3, 0.4) is 0 Å². The zero-order valence-corrected chi connectivity index (χ0v) is 15.8. The lowest BCUT2D eigenvalue weighted by atomic mass is 10.0. The van der Waals surface area contributed by atoms with Crippen LogP contribution in [0.4, 0.5) is 0 Å². The number of furan rings is 1. The molecule has 0 fully saturated rings. The lowest BCUT2D eigenvalue weighted by Gasteiger charge is -2.20. The SMILES string of the molecule is CC(C)C(N)CCN(C)C(=O)c1csc(-c2ccoc2)n1.Cl.Cl. The largest absolute Gasteiger partial charge is 0.472 e. The van der Waals surface area contributed by atoms with Crippen LogP contribution in [0.1, 0.15) is 30.8 Å². The number of carbonyl (C=O) groups is 1. The van der Waals surface area contributed by atoms with E-state index in [1.165, 1.54) is 11.3 Å². The van der Waals surface area contributed by atoms with Gasteiger partial charge in [-0.15, -0.1) is 36.2 Å². The Morgan fingerprint density at radius 2 is 2.13 bits per heavy atom. The molecule has 2 rings (SSSR count). The van der Waals surface area contributed by atoms with E-state index in [1.807, 2.05) is 6.07 Å². The second kappa shape index (κ2) is 9.93. The van der Waals surface area contributed by atoms with E-state index in [1.54, 1.807) is 29.9 Å². The van der Waals surface area contributed by atoms with Gasteiger partial charge in [0.15, 0.2) is 0 Å². The second-order valence-corrected chi connectivity index (χ2v) is 6.33. The third kappa shape index (κ3) is 5.80.